The SMILES string of the molecule is Clc1ccc2c(CN3CCc4ccccc4C3)n[nH]c2c1. The lowest BCUT2D eigenvalue weighted by atomic mass is 10.00. The maximum absolute atomic E-state index is 6.02. The normalized spacial score (nSPS) is 15.3. The summed E-state index contributed by atoms with van der Waals surface area (Å²) >= 11 is 6.02. The molecule has 2 heterocycles. The highest BCUT2D eigenvalue weighted by atomic mass is 35.5. The number of aromatic nitrogens is 2. The zero-order valence-electron chi connectivity index (χ0n) is 11.6. The first kappa shape index (κ1) is 12.9. The van der Waals surface area contributed by atoms with Crippen LogP contribution >= 0.6 is 11.6 Å². The second-order valence-corrected chi connectivity index (χ2v) is 6.03. The van der Waals surface area contributed by atoms with E-state index in [1.807, 2.05) is 18.2 Å². The fraction of sp³-hybridized carbons (Fsp3) is 0.235. The first-order valence-electron chi connectivity index (χ1n) is 7.21. The molecule has 0 radical (unpaired) electrons. The number of hydrogen-bond donors (Lipinski definition) is 1. The maximum Gasteiger partial charge on any atom is 0.0841 e. The fourth-order valence-corrected chi connectivity index (χ4v) is 3.24. The van der Waals surface area contributed by atoms with E-state index in [1.165, 1.54) is 16.5 Å². The maximum atomic E-state index is 6.02. The van der Waals surface area contributed by atoms with Crippen molar-refractivity contribution in [2.45, 2.75) is 19.5 Å². The summed E-state index contributed by atoms with van der Waals surface area (Å²) in [5.41, 5.74) is 5.02. The number of H-pyrrole nitrogens is 1. The van der Waals surface area contributed by atoms with Crippen LogP contribution in [0.15, 0.2) is 42.5 Å². The quantitative estimate of drug-likeness (QED) is 0.781. The molecule has 106 valence electrons. The standard InChI is InChI=1S/C17H16ClN3/c18-14-5-6-15-16(9-14)19-20-17(15)11-21-8-7-12-3-1-2-4-13(12)10-21/h1-6,9H,7-8,10-11H2,(H,19,20). The van der Waals surface area contributed by atoms with Gasteiger partial charge in [0.2, 0.25) is 0 Å². The molecule has 0 spiro atoms. The van der Waals surface area contributed by atoms with E-state index in [1.54, 1.807) is 0 Å². The molecule has 0 saturated carbocycles. The molecule has 3 nitrogen and oxygen atoms in total. The van der Waals surface area contributed by atoms with Crippen LogP contribution in [0, 0.1) is 0 Å². The third-order valence-electron chi connectivity index (χ3n) is 4.19. The van der Waals surface area contributed by atoms with E-state index in [0.29, 0.717) is 0 Å². The highest BCUT2D eigenvalue weighted by Gasteiger charge is 2.17. The van der Waals surface area contributed by atoms with Crippen LogP contribution in [-0.2, 0) is 19.5 Å². The lowest BCUT2D eigenvalue weighted by molar-refractivity contribution is 0.243. The van der Waals surface area contributed by atoms with E-state index >= 15 is 0 Å². The highest BCUT2D eigenvalue weighted by molar-refractivity contribution is 6.31. The summed E-state index contributed by atoms with van der Waals surface area (Å²) in [7, 11) is 0. The van der Waals surface area contributed by atoms with E-state index in [4.69, 9.17) is 11.6 Å². The van der Waals surface area contributed by atoms with Crippen LogP contribution in [-0.4, -0.2) is 21.6 Å². The van der Waals surface area contributed by atoms with Gasteiger partial charge in [-0.05, 0) is 35.7 Å². The molecule has 0 bridgehead atoms. The van der Waals surface area contributed by atoms with Crippen molar-refractivity contribution in [1.82, 2.24) is 15.1 Å². The number of nitrogens with zero attached hydrogens (tertiary/aromatic N) is 2. The molecule has 1 aromatic heterocycles. The van der Waals surface area contributed by atoms with Gasteiger partial charge in [-0.2, -0.15) is 5.10 Å². The third-order valence-corrected chi connectivity index (χ3v) is 4.42. The molecule has 3 aromatic rings. The molecule has 0 aliphatic carbocycles. The predicted octanol–water partition coefficient (Wildman–Crippen LogP) is 3.77. The molecule has 4 heteroatoms. The number of aromatic amines is 1. The monoisotopic (exact) mass is 297 g/mol. The lowest BCUT2D eigenvalue weighted by Gasteiger charge is -2.28. The second kappa shape index (κ2) is 5.17. The average Bonchev–Trinajstić information content (AvgIpc) is 2.89. The molecule has 0 atom stereocenters. The molecule has 0 unspecified atom stereocenters. The largest absolute Gasteiger partial charge is 0.293 e. The molecule has 1 aliphatic rings. The zero-order chi connectivity index (χ0) is 14.2. The van der Waals surface area contributed by atoms with Gasteiger partial charge in [-0.15, -0.1) is 0 Å². The van der Waals surface area contributed by atoms with Crippen molar-refractivity contribution in [3.8, 4) is 0 Å². The summed E-state index contributed by atoms with van der Waals surface area (Å²) < 4.78 is 0. The van der Waals surface area contributed by atoms with Crippen LogP contribution in [0.25, 0.3) is 10.9 Å². The van der Waals surface area contributed by atoms with Crippen molar-refractivity contribution in [3.63, 3.8) is 0 Å². The Labute approximate surface area is 128 Å². The minimum Gasteiger partial charge on any atom is -0.293 e. The third kappa shape index (κ3) is 2.43. The summed E-state index contributed by atoms with van der Waals surface area (Å²) in [5.74, 6) is 0. The van der Waals surface area contributed by atoms with Gasteiger partial charge >= 0.3 is 0 Å². The van der Waals surface area contributed by atoms with Crippen molar-refractivity contribution in [1.29, 1.82) is 0 Å². The minimum absolute atomic E-state index is 0.740. The molecule has 1 N–H and O–H groups in total. The van der Waals surface area contributed by atoms with E-state index in [9.17, 15) is 0 Å². The van der Waals surface area contributed by atoms with Gasteiger partial charge < -0.3 is 0 Å². The van der Waals surface area contributed by atoms with E-state index in [2.05, 4.69) is 39.4 Å². The van der Waals surface area contributed by atoms with Gasteiger partial charge in [0, 0.05) is 30.0 Å². The Morgan fingerprint density at radius 2 is 2.00 bits per heavy atom. The topological polar surface area (TPSA) is 31.9 Å². The van der Waals surface area contributed by atoms with Crippen LogP contribution in [0.1, 0.15) is 16.8 Å². The van der Waals surface area contributed by atoms with Gasteiger partial charge in [0.25, 0.3) is 0 Å². The molecule has 1 aliphatic heterocycles. The Kier molecular flexibility index (Phi) is 3.17. The number of rotatable bonds is 2. The minimum atomic E-state index is 0.740. The smallest absolute Gasteiger partial charge is 0.0841 e. The van der Waals surface area contributed by atoms with Gasteiger partial charge in [-0.3, -0.25) is 10.00 Å². The molecule has 2 aromatic carbocycles. The summed E-state index contributed by atoms with van der Waals surface area (Å²) in [6.07, 6.45) is 1.12. The summed E-state index contributed by atoms with van der Waals surface area (Å²) in [4.78, 5) is 2.45. The number of halogens is 1. The van der Waals surface area contributed by atoms with Gasteiger partial charge in [0.1, 0.15) is 0 Å². The Bertz CT molecular complexity index is 794. The van der Waals surface area contributed by atoms with E-state index < -0.39 is 0 Å². The molecule has 0 amide bonds. The second-order valence-electron chi connectivity index (χ2n) is 5.59. The molecular weight excluding hydrogens is 282 g/mol. The fourth-order valence-electron chi connectivity index (χ4n) is 3.07. The van der Waals surface area contributed by atoms with Crippen molar-refractivity contribution in [2.24, 2.45) is 0 Å². The van der Waals surface area contributed by atoms with Gasteiger partial charge in [-0.1, -0.05) is 35.9 Å². The number of hydrogen-bond acceptors (Lipinski definition) is 2. The summed E-state index contributed by atoms with van der Waals surface area (Å²) in [6, 6.07) is 14.6. The number of nitrogens with one attached hydrogen (secondary N) is 1. The highest BCUT2D eigenvalue weighted by Crippen LogP contribution is 2.24. The molecule has 4 rings (SSSR count). The van der Waals surface area contributed by atoms with Crippen LogP contribution in [0.2, 0.25) is 5.02 Å². The molecule has 21 heavy (non-hydrogen) atoms. The summed E-state index contributed by atoms with van der Waals surface area (Å²) in [6.45, 7) is 2.95. The van der Waals surface area contributed by atoms with Gasteiger partial charge in [0.05, 0.1) is 11.2 Å². The average molecular weight is 298 g/mol. The first-order chi connectivity index (χ1) is 10.3. The van der Waals surface area contributed by atoms with E-state index in [0.717, 1.165) is 42.3 Å². The van der Waals surface area contributed by atoms with Crippen LogP contribution in [0.3, 0.4) is 0 Å². The van der Waals surface area contributed by atoms with Crippen LogP contribution in [0.4, 0.5) is 0 Å². The van der Waals surface area contributed by atoms with Crippen molar-refractivity contribution >= 4 is 22.5 Å². The summed E-state index contributed by atoms with van der Waals surface area (Å²) in [5, 5.41) is 9.44. The van der Waals surface area contributed by atoms with Crippen molar-refractivity contribution < 1.29 is 0 Å². The van der Waals surface area contributed by atoms with Crippen LogP contribution < -0.4 is 0 Å². The Morgan fingerprint density at radius 3 is 2.90 bits per heavy atom. The predicted molar refractivity (Wildman–Crippen MR) is 85.4 cm³/mol. The van der Waals surface area contributed by atoms with Crippen molar-refractivity contribution in [3.05, 3.63) is 64.3 Å². The van der Waals surface area contributed by atoms with Crippen molar-refractivity contribution in [2.75, 3.05) is 6.54 Å². The Morgan fingerprint density at radius 1 is 1.14 bits per heavy atom. The van der Waals surface area contributed by atoms with Crippen LogP contribution in [0.5, 0.6) is 0 Å². The lowest BCUT2D eigenvalue weighted by Crippen LogP contribution is -2.30. The van der Waals surface area contributed by atoms with Gasteiger partial charge in [-0.25, -0.2) is 0 Å². The molecule has 0 fully saturated rings. The first-order valence-corrected chi connectivity index (χ1v) is 7.59. The number of fused-ring (bicyclic) bond motifs is 2. The molecule has 0 saturated heterocycles. The Hall–Kier alpha value is -1.84. The molecular formula is C17H16ClN3. The van der Waals surface area contributed by atoms with E-state index in [-0.39, 0.29) is 0 Å². The van der Waals surface area contributed by atoms with Gasteiger partial charge in [0.15, 0.2) is 0 Å². The number of benzene rings is 2. The zero-order valence-corrected chi connectivity index (χ0v) is 12.4. The Balaban J connectivity index is 1.59.